The average Bonchev–Trinajstić information content (AvgIpc) is 2.87. The summed E-state index contributed by atoms with van der Waals surface area (Å²) >= 11 is 6.23. The number of aryl methyl sites for hydroxylation is 1. The second-order valence-electron chi connectivity index (χ2n) is 7.58. The van der Waals surface area contributed by atoms with Gasteiger partial charge in [0.2, 0.25) is 0 Å². The first-order valence-electron chi connectivity index (χ1n) is 9.39. The Labute approximate surface area is 172 Å². The summed E-state index contributed by atoms with van der Waals surface area (Å²) in [5.41, 5.74) is 11.1. The third-order valence-corrected chi connectivity index (χ3v) is 4.84. The van der Waals surface area contributed by atoms with E-state index in [9.17, 15) is 4.39 Å². The van der Waals surface area contributed by atoms with Crippen LogP contribution in [0.3, 0.4) is 0 Å². The van der Waals surface area contributed by atoms with E-state index < -0.39 is 5.82 Å². The topological polar surface area (TPSA) is 43.8 Å². The van der Waals surface area contributed by atoms with Gasteiger partial charge in [0, 0.05) is 18.2 Å². The molecule has 2 aromatic rings. The maximum atomic E-state index is 14.8. The molecule has 2 N–H and O–H groups in total. The summed E-state index contributed by atoms with van der Waals surface area (Å²) in [5.74, 6) is 0.754. The fraction of sp³-hybridized carbons (Fsp3) is 0.348. The summed E-state index contributed by atoms with van der Waals surface area (Å²) in [6.45, 7) is 17.7. The minimum absolute atomic E-state index is 0.102. The van der Waals surface area contributed by atoms with E-state index in [2.05, 4.69) is 27.0 Å². The highest BCUT2D eigenvalue weighted by atomic mass is 35.5. The van der Waals surface area contributed by atoms with E-state index >= 15 is 0 Å². The molecule has 150 valence electrons. The number of imidazole rings is 1. The number of halogens is 2. The molecule has 0 aliphatic heterocycles. The summed E-state index contributed by atoms with van der Waals surface area (Å²) in [6, 6.07) is 1.71. The minimum atomic E-state index is -0.405. The molecule has 0 spiro atoms. The summed E-state index contributed by atoms with van der Waals surface area (Å²) in [4.78, 5) is 4.70. The average molecular weight is 402 g/mol. The third kappa shape index (κ3) is 4.39. The monoisotopic (exact) mass is 401 g/mol. The number of rotatable bonds is 7. The number of allylic oxidation sites excluding steroid dienone is 2. The lowest BCUT2D eigenvalue weighted by atomic mass is 9.88. The van der Waals surface area contributed by atoms with Crippen molar-refractivity contribution < 1.29 is 4.39 Å². The van der Waals surface area contributed by atoms with Crippen molar-refractivity contribution in [3.63, 3.8) is 0 Å². The Hall–Kier alpha value is -2.33. The van der Waals surface area contributed by atoms with Crippen LogP contribution >= 0.6 is 11.6 Å². The lowest BCUT2D eigenvalue weighted by Gasteiger charge is -2.19. The summed E-state index contributed by atoms with van der Waals surface area (Å²) < 4.78 is 16.7. The highest BCUT2D eigenvalue weighted by Crippen LogP contribution is 2.33. The molecule has 3 nitrogen and oxygen atoms in total. The van der Waals surface area contributed by atoms with Crippen LogP contribution in [0.2, 0.25) is 5.02 Å². The molecule has 0 radical (unpaired) electrons. The second-order valence-corrected chi connectivity index (χ2v) is 7.99. The highest BCUT2D eigenvalue weighted by molar-refractivity contribution is 6.31. The van der Waals surface area contributed by atoms with Crippen LogP contribution in [0, 0.1) is 18.7 Å². The van der Waals surface area contributed by atoms with Crippen LogP contribution in [0.1, 0.15) is 61.6 Å². The Morgan fingerprint density at radius 1 is 1.39 bits per heavy atom. The Balaban J connectivity index is 2.72. The van der Waals surface area contributed by atoms with Gasteiger partial charge in [0.25, 0.3) is 0 Å². The first-order chi connectivity index (χ1) is 13.1. The van der Waals surface area contributed by atoms with Gasteiger partial charge in [-0.1, -0.05) is 44.7 Å². The van der Waals surface area contributed by atoms with Crippen molar-refractivity contribution in [2.45, 2.75) is 47.5 Å². The molecular weight excluding hydrogens is 373 g/mol. The number of aromatic nitrogens is 2. The first-order valence-corrected chi connectivity index (χ1v) is 9.77. The Kier molecular flexibility index (Phi) is 6.89. The Morgan fingerprint density at radius 2 is 2.04 bits per heavy atom. The van der Waals surface area contributed by atoms with Gasteiger partial charge in [0.15, 0.2) is 0 Å². The molecule has 2 rings (SSSR count). The van der Waals surface area contributed by atoms with E-state index in [1.807, 2.05) is 37.6 Å². The molecule has 0 saturated heterocycles. The molecule has 0 bridgehead atoms. The molecule has 1 heterocycles. The van der Waals surface area contributed by atoms with Crippen molar-refractivity contribution in [2.24, 2.45) is 11.7 Å². The molecule has 0 aliphatic carbocycles. The van der Waals surface area contributed by atoms with Crippen LogP contribution < -0.4 is 5.73 Å². The number of nitrogens with zero attached hydrogens (tertiary/aromatic N) is 2. The predicted octanol–water partition coefficient (Wildman–Crippen LogP) is 6.23. The summed E-state index contributed by atoms with van der Waals surface area (Å²) in [6.07, 6.45) is 5.06. The summed E-state index contributed by atoms with van der Waals surface area (Å²) in [7, 11) is 0. The fourth-order valence-corrected chi connectivity index (χ4v) is 3.78. The Morgan fingerprint density at radius 3 is 2.54 bits per heavy atom. The van der Waals surface area contributed by atoms with Gasteiger partial charge in [-0.2, -0.15) is 0 Å². The third-order valence-electron chi connectivity index (χ3n) is 4.57. The van der Waals surface area contributed by atoms with Gasteiger partial charge in [-0.15, -0.1) is 0 Å². The number of benzene rings is 1. The van der Waals surface area contributed by atoms with Crippen molar-refractivity contribution >= 4 is 29.1 Å². The van der Waals surface area contributed by atoms with Gasteiger partial charge in [-0.3, -0.25) is 0 Å². The van der Waals surface area contributed by atoms with E-state index in [1.54, 1.807) is 6.07 Å². The van der Waals surface area contributed by atoms with Crippen molar-refractivity contribution in [1.82, 2.24) is 9.55 Å². The molecule has 0 aliphatic rings. The zero-order valence-electron chi connectivity index (χ0n) is 17.4. The molecule has 1 aromatic carbocycles. The molecule has 0 unspecified atom stereocenters. The maximum absolute atomic E-state index is 14.8. The van der Waals surface area contributed by atoms with Gasteiger partial charge in [0.05, 0.1) is 22.1 Å². The number of nitrogens with two attached hydrogens (primary N) is 1. The Bertz CT molecular complexity index is 951. The van der Waals surface area contributed by atoms with Crippen LogP contribution in [0.25, 0.3) is 17.5 Å². The molecule has 1 aromatic heterocycles. The zero-order chi connectivity index (χ0) is 21.2. The van der Waals surface area contributed by atoms with Crippen LogP contribution in [0.4, 0.5) is 4.39 Å². The molecule has 0 amide bonds. The van der Waals surface area contributed by atoms with Crippen LogP contribution in [0.5, 0.6) is 0 Å². The lowest BCUT2D eigenvalue weighted by Crippen LogP contribution is -2.10. The number of hydrogen-bond acceptors (Lipinski definition) is 2. The van der Waals surface area contributed by atoms with E-state index in [0.717, 1.165) is 34.8 Å². The maximum Gasteiger partial charge on any atom is 0.149 e. The van der Waals surface area contributed by atoms with Crippen molar-refractivity contribution in [3.8, 4) is 0 Å². The SMILES string of the molecule is C=C(C)c1c(F)c(Cl)cc(Cc2nc(C)c(C(=C)N)n2/C=C\C)c1CC(C)C. The fourth-order valence-electron chi connectivity index (χ4n) is 3.56. The predicted molar refractivity (Wildman–Crippen MR) is 119 cm³/mol. The van der Waals surface area contributed by atoms with Gasteiger partial charge >= 0.3 is 0 Å². The molecule has 5 heteroatoms. The van der Waals surface area contributed by atoms with Crippen molar-refractivity contribution in [1.29, 1.82) is 0 Å². The second kappa shape index (κ2) is 8.78. The molecule has 28 heavy (non-hydrogen) atoms. The largest absolute Gasteiger partial charge is 0.397 e. The van der Waals surface area contributed by atoms with Crippen molar-refractivity contribution in [2.75, 3.05) is 0 Å². The standard InChI is InChI=1S/C23H29ClFN3/c1-8-9-28-20(27-16(7)23(28)15(6)26)12-17-11-19(24)22(25)21(14(4)5)18(17)10-13(2)3/h8-9,11,13H,4,6,10,12,26H2,1-3,5,7H3/b9-8-. The van der Waals surface area contributed by atoms with Crippen LogP contribution in [0.15, 0.2) is 25.3 Å². The quantitative estimate of drug-likeness (QED) is 0.597. The smallest absolute Gasteiger partial charge is 0.149 e. The number of hydrogen-bond donors (Lipinski definition) is 1. The molecule has 0 atom stereocenters. The van der Waals surface area contributed by atoms with E-state index in [0.29, 0.717) is 29.2 Å². The van der Waals surface area contributed by atoms with E-state index in [-0.39, 0.29) is 5.02 Å². The normalized spacial score (nSPS) is 11.6. The van der Waals surface area contributed by atoms with Crippen LogP contribution in [-0.2, 0) is 12.8 Å². The van der Waals surface area contributed by atoms with Gasteiger partial charge in [-0.25, -0.2) is 9.37 Å². The molecular formula is C23H29ClFN3. The van der Waals surface area contributed by atoms with Crippen molar-refractivity contribution in [3.05, 3.63) is 70.0 Å². The summed E-state index contributed by atoms with van der Waals surface area (Å²) in [5, 5.41) is 0.102. The van der Waals surface area contributed by atoms with Gasteiger partial charge in [0.1, 0.15) is 11.6 Å². The highest BCUT2D eigenvalue weighted by Gasteiger charge is 2.21. The van der Waals surface area contributed by atoms with Crippen LogP contribution in [-0.4, -0.2) is 9.55 Å². The lowest BCUT2D eigenvalue weighted by molar-refractivity contribution is 0.605. The first kappa shape index (κ1) is 22.0. The zero-order valence-corrected chi connectivity index (χ0v) is 18.1. The van der Waals surface area contributed by atoms with Gasteiger partial charge in [-0.05, 0) is 55.9 Å². The van der Waals surface area contributed by atoms with Gasteiger partial charge < -0.3 is 10.3 Å². The molecule has 0 fully saturated rings. The van der Waals surface area contributed by atoms with E-state index in [4.69, 9.17) is 22.3 Å². The van der Waals surface area contributed by atoms with E-state index in [1.165, 1.54) is 0 Å². The minimum Gasteiger partial charge on any atom is -0.397 e. The molecule has 0 saturated carbocycles.